The lowest BCUT2D eigenvalue weighted by atomic mass is 9.71. The van der Waals surface area contributed by atoms with Gasteiger partial charge in [-0.05, 0) is 24.5 Å². The fourth-order valence-corrected chi connectivity index (χ4v) is 6.58. The second kappa shape index (κ2) is 11.3. The maximum Gasteiger partial charge on any atom is 0.337 e. The molecule has 3 rings (SSSR count). The van der Waals surface area contributed by atoms with Crippen molar-refractivity contribution in [3.63, 3.8) is 0 Å². The highest BCUT2D eigenvalue weighted by Gasteiger charge is 2.46. The molecule has 1 aliphatic rings. The molecule has 2 aromatic carbocycles. The summed E-state index contributed by atoms with van der Waals surface area (Å²) in [6.07, 6.45) is 2.24. The zero-order valence-corrected chi connectivity index (χ0v) is 21.2. The third-order valence-electron chi connectivity index (χ3n) is 6.53. The van der Waals surface area contributed by atoms with E-state index < -0.39 is 27.1 Å². The molecular formula is C24H28ClN3O6S. The molecule has 0 radical (unpaired) electrons. The molecule has 2 N–H and O–H groups in total. The predicted molar refractivity (Wildman–Crippen MR) is 137 cm³/mol. The van der Waals surface area contributed by atoms with Crippen molar-refractivity contribution in [2.75, 3.05) is 5.32 Å². The highest BCUT2D eigenvalue weighted by Crippen LogP contribution is 2.52. The van der Waals surface area contributed by atoms with Crippen LogP contribution in [0.25, 0.3) is 0 Å². The number of nitrogens with one attached hydrogen (secondary N) is 1. The van der Waals surface area contributed by atoms with Crippen molar-refractivity contribution in [3.8, 4) is 0 Å². The molecule has 188 valence electrons. The third kappa shape index (κ3) is 5.38. The smallest absolute Gasteiger partial charge is 0.337 e. The Labute approximate surface area is 212 Å². The lowest BCUT2D eigenvalue weighted by Gasteiger charge is -2.43. The van der Waals surface area contributed by atoms with E-state index in [1.54, 1.807) is 18.2 Å². The summed E-state index contributed by atoms with van der Waals surface area (Å²) in [5.41, 5.74) is 0.296. The zero-order chi connectivity index (χ0) is 25.9. The van der Waals surface area contributed by atoms with Crippen LogP contribution in [-0.4, -0.2) is 37.6 Å². The van der Waals surface area contributed by atoms with E-state index in [2.05, 4.69) is 5.32 Å². The van der Waals surface area contributed by atoms with E-state index in [4.69, 9.17) is 11.6 Å². The number of nitrogens with zero attached hydrogens (tertiary/aromatic N) is 2. The summed E-state index contributed by atoms with van der Waals surface area (Å²) in [5.74, 6) is -1.80. The van der Waals surface area contributed by atoms with Crippen LogP contribution in [0.2, 0.25) is 0 Å². The van der Waals surface area contributed by atoms with Crippen LogP contribution < -0.4 is 5.32 Å². The lowest BCUT2D eigenvalue weighted by Crippen LogP contribution is -2.43. The van der Waals surface area contributed by atoms with Crippen LogP contribution in [0, 0.1) is 26.1 Å². The number of alkyl halides is 1. The first-order valence-corrected chi connectivity index (χ1v) is 12.8. The topological polar surface area (TPSA) is 136 Å². The maximum atomic E-state index is 12.0. The van der Waals surface area contributed by atoms with Crippen LogP contribution in [0.5, 0.6) is 0 Å². The predicted octanol–water partition coefficient (Wildman–Crippen LogP) is 6.69. The van der Waals surface area contributed by atoms with Gasteiger partial charge < -0.3 is 10.4 Å². The number of benzene rings is 2. The summed E-state index contributed by atoms with van der Waals surface area (Å²) in [6, 6.07) is 8.75. The number of nitro groups is 2. The van der Waals surface area contributed by atoms with Crippen LogP contribution in [0.1, 0.15) is 61.9 Å². The SMILES string of the molecule is CCCC1Nc2c(C(=O)O)ccc([N+](=O)[O-])c2C(C(Cl)C(C)Sc2ccccc2[N+](=O)[O-])C1CC. The maximum absolute atomic E-state index is 12.0. The zero-order valence-electron chi connectivity index (χ0n) is 19.6. The minimum Gasteiger partial charge on any atom is -0.478 e. The quantitative estimate of drug-likeness (QED) is 0.153. The Bertz CT molecular complexity index is 1130. The van der Waals surface area contributed by atoms with E-state index in [0.717, 1.165) is 12.8 Å². The molecule has 0 bridgehead atoms. The minimum absolute atomic E-state index is 0.0332. The number of carboxylic acid groups (broad SMARTS) is 1. The molecule has 0 aromatic heterocycles. The highest BCUT2D eigenvalue weighted by molar-refractivity contribution is 8.00. The molecule has 1 aliphatic heterocycles. The van der Waals surface area contributed by atoms with Gasteiger partial charge in [-0.15, -0.1) is 23.4 Å². The summed E-state index contributed by atoms with van der Waals surface area (Å²) >= 11 is 8.33. The number of carbonyl (C=O) groups is 1. The van der Waals surface area contributed by atoms with Gasteiger partial charge in [0.25, 0.3) is 11.4 Å². The van der Waals surface area contributed by atoms with Gasteiger partial charge >= 0.3 is 5.97 Å². The first kappa shape index (κ1) is 26.7. The van der Waals surface area contributed by atoms with Gasteiger partial charge in [0.05, 0.1) is 36.9 Å². The van der Waals surface area contributed by atoms with Crippen LogP contribution in [0.4, 0.5) is 17.1 Å². The van der Waals surface area contributed by atoms with Crippen LogP contribution in [-0.2, 0) is 0 Å². The Kier molecular flexibility index (Phi) is 8.60. The number of hydrogen-bond acceptors (Lipinski definition) is 7. The molecule has 5 unspecified atom stereocenters. The Morgan fingerprint density at radius 3 is 2.37 bits per heavy atom. The average molecular weight is 522 g/mol. The summed E-state index contributed by atoms with van der Waals surface area (Å²) < 4.78 is 0. The van der Waals surface area contributed by atoms with Crippen molar-refractivity contribution in [3.05, 3.63) is 67.8 Å². The van der Waals surface area contributed by atoms with Gasteiger partial charge in [-0.2, -0.15) is 0 Å². The van der Waals surface area contributed by atoms with Crippen LogP contribution in [0.15, 0.2) is 41.3 Å². The van der Waals surface area contributed by atoms with E-state index >= 15 is 0 Å². The van der Waals surface area contributed by atoms with Gasteiger partial charge in [0.1, 0.15) is 0 Å². The largest absolute Gasteiger partial charge is 0.478 e. The Balaban J connectivity index is 2.14. The van der Waals surface area contributed by atoms with Gasteiger partial charge in [-0.25, -0.2) is 4.79 Å². The number of aromatic carboxylic acids is 1. The van der Waals surface area contributed by atoms with Gasteiger partial charge in [0.2, 0.25) is 0 Å². The molecule has 0 saturated carbocycles. The number of thioether (sulfide) groups is 1. The number of anilines is 1. The van der Waals surface area contributed by atoms with Crippen molar-refractivity contribution in [1.29, 1.82) is 0 Å². The Hall–Kier alpha value is -2.85. The summed E-state index contributed by atoms with van der Waals surface area (Å²) in [6.45, 7) is 5.86. The molecule has 0 amide bonds. The number of hydrogen-bond donors (Lipinski definition) is 2. The molecule has 2 aromatic rings. The van der Waals surface area contributed by atoms with Gasteiger partial charge in [-0.3, -0.25) is 20.2 Å². The normalized spacial score (nSPS) is 20.9. The molecule has 11 heteroatoms. The van der Waals surface area contributed by atoms with Gasteiger partial charge in [-0.1, -0.05) is 45.7 Å². The van der Waals surface area contributed by atoms with Crippen molar-refractivity contribution >= 4 is 46.4 Å². The monoisotopic (exact) mass is 521 g/mol. The summed E-state index contributed by atoms with van der Waals surface area (Å²) in [4.78, 5) is 35.0. The molecule has 0 aliphatic carbocycles. The number of para-hydroxylation sites is 1. The molecule has 35 heavy (non-hydrogen) atoms. The van der Waals surface area contributed by atoms with Gasteiger partial charge in [0.15, 0.2) is 0 Å². The van der Waals surface area contributed by atoms with E-state index in [-0.39, 0.29) is 39.8 Å². The number of halogens is 1. The summed E-state index contributed by atoms with van der Waals surface area (Å²) in [5, 5.41) is 35.6. The fourth-order valence-electron chi connectivity index (χ4n) is 4.99. The fraction of sp³-hybridized carbons (Fsp3) is 0.458. The third-order valence-corrected chi connectivity index (χ3v) is 8.59. The number of carboxylic acids is 1. The molecular weight excluding hydrogens is 494 g/mol. The lowest BCUT2D eigenvalue weighted by molar-refractivity contribution is -0.387. The van der Waals surface area contributed by atoms with Crippen molar-refractivity contribution in [2.24, 2.45) is 5.92 Å². The number of fused-ring (bicyclic) bond motifs is 1. The second-order valence-corrected chi connectivity index (χ2v) is 10.5. The van der Waals surface area contributed by atoms with Crippen molar-refractivity contribution in [2.45, 2.75) is 67.5 Å². The molecule has 0 spiro atoms. The molecule has 5 atom stereocenters. The first-order valence-electron chi connectivity index (χ1n) is 11.5. The second-order valence-electron chi connectivity index (χ2n) is 8.61. The standard InChI is InChI=1S/C24H28ClN3O6S/c1-4-8-16-14(5-2)20(21-18(28(33)34)12-11-15(24(29)30)23(21)26-16)22(25)13(3)35-19-10-7-6-9-17(19)27(31)32/h6-7,9-14,16,20,22,26H,4-5,8H2,1-3H3,(H,29,30). The van der Waals surface area contributed by atoms with E-state index in [1.165, 1.54) is 30.0 Å². The first-order chi connectivity index (χ1) is 16.6. The van der Waals surface area contributed by atoms with Crippen LogP contribution >= 0.6 is 23.4 Å². The highest BCUT2D eigenvalue weighted by atomic mass is 35.5. The van der Waals surface area contributed by atoms with Crippen molar-refractivity contribution in [1.82, 2.24) is 0 Å². The average Bonchev–Trinajstić information content (AvgIpc) is 2.82. The molecule has 1 heterocycles. The van der Waals surface area contributed by atoms with E-state index in [9.17, 15) is 30.1 Å². The van der Waals surface area contributed by atoms with Crippen LogP contribution in [0.3, 0.4) is 0 Å². The van der Waals surface area contributed by atoms with E-state index in [0.29, 0.717) is 16.9 Å². The number of nitro benzene ring substituents is 2. The Morgan fingerprint density at radius 2 is 1.80 bits per heavy atom. The molecule has 0 fully saturated rings. The van der Waals surface area contributed by atoms with Gasteiger partial charge in [0, 0.05) is 29.3 Å². The molecule has 0 saturated heterocycles. The Morgan fingerprint density at radius 1 is 1.14 bits per heavy atom. The minimum atomic E-state index is -1.18. The van der Waals surface area contributed by atoms with Crippen molar-refractivity contribution < 1.29 is 19.7 Å². The van der Waals surface area contributed by atoms with E-state index in [1.807, 2.05) is 20.8 Å². The molecule has 9 nitrogen and oxygen atoms in total. The number of rotatable bonds is 10. The summed E-state index contributed by atoms with van der Waals surface area (Å²) in [7, 11) is 0.